The largest absolute Gasteiger partial charge is 0.284 e. The Morgan fingerprint density at radius 2 is 1.14 bits per heavy atom. The minimum absolute atomic E-state index is 0.365. The second-order valence-electron chi connectivity index (χ2n) is 11.3. The normalized spacial score (nSPS) is 13.3. The average Bonchev–Trinajstić information content (AvgIpc) is 3.06. The van der Waals surface area contributed by atoms with Gasteiger partial charge in [0.05, 0.1) is 6.54 Å². The predicted octanol–water partition coefficient (Wildman–Crippen LogP) is 11.1. The summed E-state index contributed by atoms with van der Waals surface area (Å²) in [4.78, 5) is 5.06. The van der Waals surface area contributed by atoms with Crippen molar-refractivity contribution in [3.63, 3.8) is 0 Å². The van der Waals surface area contributed by atoms with E-state index in [0.717, 1.165) is 18.6 Å². The third-order valence-corrected chi connectivity index (χ3v) is 7.87. The van der Waals surface area contributed by atoms with Gasteiger partial charge in [0.25, 0.3) is 0 Å². The van der Waals surface area contributed by atoms with Crippen molar-refractivity contribution in [2.75, 3.05) is 0 Å². The van der Waals surface area contributed by atoms with Gasteiger partial charge in [-0.2, -0.15) is 0 Å². The SMILES string of the molecule is CC(C)C(=NCc1cccc(-c2cccc(-c3cc(C4=CCCC=C4)cc(-c4ccccc4)c3)c2)c1)c1ccccc1. The second-order valence-corrected chi connectivity index (χ2v) is 11.3. The molecule has 1 heteroatoms. The van der Waals surface area contributed by atoms with Gasteiger partial charge in [-0.1, -0.05) is 129 Å². The van der Waals surface area contributed by atoms with Crippen LogP contribution in [0.15, 0.2) is 151 Å². The molecule has 5 aromatic carbocycles. The Balaban J connectivity index is 1.34. The number of nitrogens with zero attached hydrogens (tertiary/aromatic N) is 1. The Kier molecular flexibility index (Phi) is 8.38. The Labute approximate surface area is 250 Å². The first kappa shape index (κ1) is 27.4. The van der Waals surface area contributed by atoms with E-state index in [4.69, 9.17) is 4.99 Å². The van der Waals surface area contributed by atoms with Crippen molar-refractivity contribution in [2.45, 2.75) is 33.2 Å². The first-order valence-corrected chi connectivity index (χ1v) is 15.0. The lowest BCUT2D eigenvalue weighted by atomic mass is 9.90. The molecule has 1 aliphatic carbocycles. The molecule has 5 aromatic rings. The highest BCUT2D eigenvalue weighted by atomic mass is 14.7. The zero-order valence-electron chi connectivity index (χ0n) is 24.5. The topological polar surface area (TPSA) is 12.4 Å². The van der Waals surface area contributed by atoms with Crippen LogP contribution in [0.5, 0.6) is 0 Å². The maximum absolute atomic E-state index is 5.06. The minimum Gasteiger partial charge on any atom is -0.284 e. The number of aliphatic imine (C=N–C) groups is 1. The minimum atomic E-state index is 0.365. The van der Waals surface area contributed by atoms with Crippen LogP contribution >= 0.6 is 0 Å². The van der Waals surface area contributed by atoms with Crippen LogP contribution in [0.3, 0.4) is 0 Å². The molecule has 1 aliphatic rings. The van der Waals surface area contributed by atoms with Crippen molar-refractivity contribution in [2.24, 2.45) is 10.9 Å². The van der Waals surface area contributed by atoms with Crippen molar-refractivity contribution in [3.8, 4) is 33.4 Å². The molecule has 0 spiro atoms. The van der Waals surface area contributed by atoms with Crippen LogP contribution < -0.4 is 0 Å². The van der Waals surface area contributed by atoms with E-state index in [-0.39, 0.29) is 0 Å². The summed E-state index contributed by atoms with van der Waals surface area (Å²) in [5, 5.41) is 0. The van der Waals surface area contributed by atoms with Crippen molar-refractivity contribution < 1.29 is 0 Å². The molecule has 0 saturated carbocycles. The van der Waals surface area contributed by atoms with E-state index >= 15 is 0 Å². The summed E-state index contributed by atoms with van der Waals surface area (Å²) in [6.45, 7) is 5.10. The maximum atomic E-state index is 5.06. The van der Waals surface area contributed by atoms with E-state index in [1.807, 2.05) is 0 Å². The van der Waals surface area contributed by atoms with Crippen LogP contribution in [0.2, 0.25) is 0 Å². The van der Waals surface area contributed by atoms with Gasteiger partial charge < -0.3 is 0 Å². The first-order valence-electron chi connectivity index (χ1n) is 15.0. The van der Waals surface area contributed by atoms with Gasteiger partial charge in [-0.25, -0.2) is 0 Å². The lowest BCUT2D eigenvalue weighted by Crippen LogP contribution is -2.09. The van der Waals surface area contributed by atoms with Gasteiger partial charge in [0, 0.05) is 5.71 Å². The molecule has 0 atom stereocenters. The van der Waals surface area contributed by atoms with Crippen LogP contribution in [-0.4, -0.2) is 5.71 Å². The molecule has 0 amide bonds. The summed E-state index contributed by atoms with van der Waals surface area (Å²) in [7, 11) is 0. The monoisotopic (exact) mass is 543 g/mol. The molecule has 0 N–H and O–H groups in total. The molecule has 1 nitrogen and oxygen atoms in total. The van der Waals surface area contributed by atoms with Crippen molar-refractivity contribution in [1.29, 1.82) is 0 Å². The van der Waals surface area contributed by atoms with Crippen LogP contribution in [0, 0.1) is 5.92 Å². The second kappa shape index (κ2) is 12.8. The summed E-state index contributed by atoms with van der Waals surface area (Å²) < 4.78 is 0. The Morgan fingerprint density at radius 1 is 0.571 bits per heavy atom. The Bertz CT molecular complexity index is 1750. The fourth-order valence-corrected chi connectivity index (χ4v) is 5.71. The Morgan fingerprint density at radius 3 is 1.83 bits per heavy atom. The van der Waals surface area contributed by atoms with E-state index in [1.165, 1.54) is 55.6 Å². The first-order chi connectivity index (χ1) is 20.6. The maximum Gasteiger partial charge on any atom is 0.0643 e. The van der Waals surface area contributed by atoms with E-state index in [2.05, 4.69) is 159 Å². The highest BCUT2D eigenvalue weighted by molar-refractivity contribution is 6.01. The third kappa shape index (κ3) is 6.42. The van der Waals surface area contributed by atoms with Crippen LogP contribution in [0.25, 0.3) is 39.0 Å². The predicted molar refractivity (Wildman–Crippen MR) is 181 cm³/mol. The lowest BCUT2D eigenvalue weighted by molar-refractivity contribution is 0.867. The number of benzene rings is 5. The van der Waals surface area contributed by atoms with Gasteiger partial charge in [0.2, 0.25) is 0 Å². The molecule has 0 aromatic heterocycles. The van der Waals surface area contributed by atoms with Crippen molar-refractivity contribution in [1.82, 2.24) is 0 Å². The van der Waals surface area contributed by atoms with Gasteiger partial charge >= 0.3 is 0 Å². The number of rotatable bonds is 8. The average molecular weight is 544 g/mol. The molecule has 0 unspecified atom stereocenters. The van der Waals surface area contributed by atoms with Crippen LogP contribution in [0.4, 0.5) is 0 Å². The number of allylic oxidation sites excluding steroid dienone is 4. The van der Waals surface area contributed by atoms with E-state index in [9.17, 15) is 0 Å². The highest BCUT2D eigenvalue weighted by Crippen LogP contribution is 2.34. The smallest absolute Gasteiger partial charge is 0.0643 e. The van der Waals surface area contributed by atoms with Crippen molar-refractivity contribution >= 4 is 11.3 Å². The van der Waals surface area contributed by atoms with Crippen LogP contribution in [0.1, 0.15) is 43.4 Å². The summed E-state index contributed by atoms with van der Waals surface area (Å²) in [5.74, 6) is 0.365. The number of hydrogen-bond donors (Lipinski definition) is 0. The molecule has 0 radical (unpaired) electrons. The molecule has 206 valence electrons. The van der Waals surface area contributed by atoms with Gasteiger partial charge in [-0.05, 0) is 105 Å². The van der Waals surface area contributed by atoms with E-state index in [0.29, 0.717) is 12.5 Å². The molecule has 6 rings (SSSR count). The van der Waals surface area contributed by atoms with E-state index < -0.39 is 0 Å². The molecular formula is C41H37N. The summed E-state index contributed by atoms with van der Waals surface area (Å²) >= 11 is 0. The van der Waals surface area contributed by atoms with Crippen molar-refractivity contribution in [3.05, 3.63) is 162 Å². The molecule has 0 heterocycles. The molecule has 42 heavy (non-hydrogen) atoms. The van der Waals surface area contributed by atoms with Gasteiger partial charge in [0.1, 0.15) is 0 Å². The van der Waals surface area contributed by atoms with Crippen LogP contribution in [-0.2, 0) is 6.54 Å². The standard InChI is InChI=1S/C41H37N/c1-30(2)41(34-19-10-5-11-20-34)42-29-31-14-12-21-35(24-31)36-22-13-23-37(25-36)40-27-38(32-15-6-3-7-16-32)26-39(28-40)33-17-8-4-9-18-33/h3,5-8,10-28,30H,4,9,29H2,1-2H3. The zero-order chi connectivity index (χ0) is 28.7. The number of hydrogen-bond acceptors (Lipinski definition) is 1. The summed E-state index contributed by atoms with van der Waals surface area (Å²) in [6, 6.07) is 46.0. The quantitative estimate of drug-likeness (QED) is 0.173. The summed E-state index contributed by atoms with van der Waals surface area (Å²) in [6.07, 6.45) is 9.12. The fraction of sp³-hybridized carbons (Fsp3) is 0.146. The summed E-state index contributed by atoms with van der Waals surface area (Å²) in [5.41, 5.74) is 13.5. The van der Waals surface area contributed by atoms with Gasteiger partial charge in [-0.15, -0.1) is 0 Å². The fourth-order valence-electron chi connectivity index (χ4n) is 5.71. The molecule has 0 bridgehead atoms. The molecule has 0 aliphatic heterocycles. The molecule has 0 fully saturated rings. The lowest BCUT2D eigenvalue weighted by Gasteiger charge is -2.14. The van der Waals surface area contributed by atoms with Gasteiger partial charge in [0.15, 0.2) is 0 Å². The molecule has 0 saturated heterocycles. The highest BCUT2D eigenvalue weighted by Gasteiger charge is 2.11. The Hall–Kier alpha value is -4.75. The third-order valence-electron chi connectivity index (χ3n) is 7.87. The zero-order valence-corrected chi connectivity index (χ0v) is 24.5. The molecular weight excluding hydrogens is 506 g/mol. The van der Waals surface area contributed by atoms with Gasteiger partial charge in [-0.3, -0.25) is 4.99 Å². The van der Waals surface area contributed by atoms with E-state index in [1.54, 1.807) is 0 Å².